The number of hydrogen-bond donors (Lipinski definition) is 3. The average molecular weight is 413 g/mol. The molecular weight excluding hydrogens is 392 g/mol. The van der Waals surface area contributed by atoms with Crippen LogP contribution in [-0.2, 0) is 4.79 Å². The number of hydrogen-bond acceptors (Lipinski definition) is 6. The number of thiol groups is 1. The molecule has 1 aromatic heterocycles. The van der Waals surface area contributed by atoms with E-state index >= 15 is 0 Å². The molecular formula is C20H20N4O2S2. The quantitative estimate of drug-likeness (QED) is 0.542. The topological polar surface area (TPSA) is 74.3 Å². The fourth-order valence-electron chi connectivity index (χ4n) is 2.48. The summed E-state index contributed by atoms with van der Waals surface area (Å²) in [4.78, 5) is 31.4. The van der Waals surface area contributed by atoms with Gasteiger partial charge in [0.1, 0.15) is 0 Å². The molecule has 1 heterocycles. The number of amides is 2. The van der Waals surface area contributed by atoms with Gasteiger partial charge in [-0.2, -0.15) is 0 Å². The second-order valence-electron chi connectivity index (χ2n) is 6.26. The first kappa shape index (κ1) is 19.9. The van der Waals surface area contributed by atoms with E-state index in [9.17, 15) is 9.59 Å². The Hall–Kier alpha value is -2.84. The Labute approximate surface area is 173 Å². The van der Waals surface area contributed by atoms with E-state index in [1.165, 1.54) is 11.3 Å². The molecule has 0 aliphatic carbocycles. The second-order valence-corrected chi connectivity index (χ2v) is 7.64. The van der Waals surface area contributed by atoms with Crippen LogP contribution in [0.4, 0.5) is 10.8 Å². The van der Waals surface area contributed by atoms with Crippen molar-refractivity contribution in [3.8, 4) is 11.3 Å². The highest BCUT2D eigenvalue weighted by atomic mass is 32.1. The van der Waals surface area contributed by atoms with Gasteiger partial charge in [-0.15, -0.1) is 24.0 Å². The number of aromatic nitrogens is 1. The zero-order chi connectivity index (χ0) is 20.1. The Bertz CT molecular complexity index is 1000. The standard InChI is InChI=1S/C20H20N4O2S2/c1-24(2)15-7-3-5-13(9-15)17-12-28-20(22-17)23-18(25)11-21-19(26)14-6-4-8-16(27)10-14/h3-10,12,27H,11H2,1-2H3,(H,21,26)(H,22,23,25). The molecule has 2 N–H and O–H groups in total. The van der Waals surface area contributed by atoms with E-state index in [2.05, 4.69) is 28.2 Å². The van der Waals surface area contributed by atoms with Crippen molar-refractivity contribution in [2.24, 2.45) is 0 Å². The predicted molar refractivity (Wildman–Crippen MR) is 117 cm³/mol. The van der Waals surface area contributed by atoms with Gasteiger partial charge in [0.25, 0.3) is 5.91 Å². The normalized spacial score (nSPS) is 10.4. The lowest BCUT2D eigenvalue weighted by Crippen LogP contribution is -2.32. The van der Waals surface area contributed by atoms with Gasteiger partial charge < -0.3 is 15.5 Å². The Kier molecular flexibility index (Phi) is 6.33. The molecule has 6 nitrogen and oxygen atoms in total. The third-order valence-corrected chi connectivity index (χ3v) is 4.96. The van der Waals surface area contributed by atoms with Gasteiger partial charge >= 0.3 is 0 Å². The first-order chi connectivity index (χ1) is 13.4. The van der Waals surface area contributed by atoms with Crippen LogP contribution in [0.2, 0.25) is 0 Å². The lowest BCUT2D eigenvalue weighted by Gasteiger charge is -2.12. The van der Waals surface area contributed by atoms with Crippen LogP contribution in [0.15, 0.2) is 58.8 Å². The lowest BCUT2D eigenvalue weighted by atomic mass is 10.1. The minimum atomic E-state index is -0.335. The van der Waals surface area contributed by atoms with E-state index in [0.29, 0.717) is 15.6 Å². The summed E-state index contributed by atoms with van der Waals surface area (Å²) in [5, 5.41) is 7.68. The summed E-state index contributed by atoms with van der Waals surface area (Å²) in [6, 6.07) is 14.8. The first-order valence-corrected chi connectivity index (χ1v) is 9.85. The molecule has 2 aromatic carbocycles. The van der Waals surface area contributed by atoms with E-state index in [4.69, 9.17) is 0 Å². The van der Waals surface area contributed by atoms with Gasteiger partial charge in [0.15, 0.2) is 5.13 Å². The third kappa shape index (κ3) is 5.11. The summed E-state index contributed by atoms with van der Waals surface area (Å²) >= 11 is 5.54. The Morgan fingerprint density at radius 1 is 1.14 bits per heavy atom. The molecule has 0 aliphatic rings. The molecule has 0 spiro atoms. The molecule has 0 saturated carbocycles. The van der Waals surface area contributed by atoms with Crippen LogP contribution in [0, 0.1) is 0 Å². The van der Waals surface area contributed by atoms with Gasteiger partial charge in [0.05, 0.1) is 12.2 Å². The van der Waals surface area contributed by atoms with E-state index in [1.54, 1.807) is 24.3 Å². The maximum Gasteiger partial charge on any atom is 0.251 e. The lowest BCUT2D eigenvalue weighted by molar-refractivity contribution is -0.115. The summed E-state index contributed by atoms with van der Waals surface area (Å²) in [7, 11) is 3.96. The molecule has 28 heavy (non-hydrogen) atoms. The molecule has 0 radical (unpaired) electrons. The molecule has 0 saturated heterocycles. The minimum absolute atomic E-state index is 0.138. The average Bonchev–Trinajstić information content (AvgIpc) is 3.14. The van der Waals surface area contributed by atoms with E-state index in [-0.39, 0.29) is 18.4 Å². The van der Waals surface area contributed by atoms with Gasteiger partial charge in [-0.05, 0) is 30.3 Å². The van der Waals surface area contributed by atoms with Crippen LogP contribution in [0.5, 0.6) is 0 Å². The highest BCUT2D eigenvalue weighted by Gasteiger charge is 2.11. The Balaban J connectivity index is 1.58. The number of anilines is 2. The van der Waals surface area contributed by atoms with E-state index < -0.39 is 0 Å². The third-order valence-electron chi connectivity index (χ3n) is 3.93. The SMILES string of the molecule is CN(C)c1cccc(-c2csc(NC(=O)CNC(=O)c3cccc(S)c3)n2)c1. The van der Waals surface area contributed by atoms with Gasteiger partial charge in [-0.1, -0.05) is 18.2 Å². The van der Waals surface area contributed by atoms with Crippen molar-refractivity contribution in [3.05, 3.63) is 59.5 Å². The summed E-state index contributed by atoms with van der Waals surface area (Å²) in [6.45, 7) is -0.138. The Morgan fingerprint density at radius 2 is 1.93 bits per heavy atom. The predicted octanol–water partition coefficient (Wildman–Crippen LogP) is 3.53. The van der Waals surface area contributed by atoms with Gasteiger partial charge in [0, 0.05) is 41.2 Å². The van der Waals surface area contributed by atoms with Crippen LogP contribution in [0.1, 0.15) is 10.4 Å². The molecule has 0 unspecified atom stereocenters. The molecule has 0 fully saturated rings. The number of rotatable bonds is 6. The summed E-state index contributed by atoms with van der Waals surface area (Å²) in [5.41, 5.74) is 3.29. The first-order valence-electron chi connectivity index (χ1n) is 8.53. The van der Waals surface area contributed by atoms with Crippen molar-refractivity contribution in [2.75, 3.05) is 30.9 Å². The van der Waals surface area contributed by atoms with Crippen molar-refractivity contribution in [3.63, 3.8) is 0 Å². The van der Waals surface area contributed by atoms with E-state index in [1.807, 2.05) is 48.6 Å². The molecule has 8 heteroatoms. The molecule has 144 valence electrons. The molecule has 0 atom stereocenters. The zero-order valence-electron chi connectivity index (χ0n) is 15.5. The molecule has 3 rings (SSSR count). The van der Waals surface area contributed by atoms with Crippen molar-refractivity contribution in [1.82, 2.24) is 10.3 Å². The highest BCUT2D eigenvalue weighted by Crippen LogP contribution is 2.27. The van der Waals surface area contributed by atoms with Crippen LogP contribution in [-0.4, -0.2) is 37.4 Å². The monoisotopic (exact) mass is 412 g/mol. The van der Waals surface area contributed by atoms with Crippen LogP contribution in [0.3, 0.4) is 0 Å². The summed E-state index contributed by atoms with van der Waals surface area (Å²) in [5.74, 6) is -0.662. The van der Waals surface area contributed by atoms with Crippen molar-refractivity contribution in [1.29, 1.82) is 0 Å². The van der Waals surface area contributed by atoms with Crippen LogP contribution >= 0.6 is 24.0 Å². The van der Waals surface area contributed by atoms with Crippen molar-refractivity contribution >= 4 is 46.6 Å². The second kappa shape index (κ2) is 8.90. The number of benzene rings is 2. The number of carbonyl (C=O) groups is 2. The maximum atomic E-state index is 12.1. The van der Waals surface area contributed by atoms with Gasteiger partial charge in [0.2, 0.25) is 5.91 Å². The smallest absolute Gasteiger partial charge is 0.251 e. The van der Waals surface area contributed by atoms with Gasteiger partial charge in [-0.3, -0.25) is 9.59 Å². The molecule has 0 aliphatic heterocycles. The number of nitrogens with zero attached hydrogens (tertiary/aromatic N) is 2. The minimum Gasteiger partial charge on any atom is -0.378 e. The number of carbonyl (C=O) groups excluding carboxylic acids is 2. The van der Waals surface area contributed by atoms with Gasteiger partial charge in [-0.25, -0.2) is 4.98 Å². The fraction of sp³-hybridized carbons (Fsp3) is 0.150. The number of thiazole rings is 1. The van der Waals surface area contributed by atoms with Crippen molar-refractivity contribution in [2.45, 2.75) is 4.90 Å². The fourth-order valence-corrected chi connectivity index (χ4v) is 3.44. The highest BCUT2D eigenvalue weighted by molar-refractivity contribution is 7.80. The van der Waals surface area contributed by atoms with E-state index in [0.717, 1.165) is 16.9 Å². The molecule has 3 aromatic rings. The summed E-state index contributed by atoms with van der Waals surface area (Å²) < 4.78 is 0. The number of nitrogens with one attached hydrogen (secondary N) is 2. The largest absolute Gasteiger partial charge is 0.378 e. The summed E-state index contributed by atoms with van der Waals surface area (Å²) in [6.07, 6.45) is 0. The van der Waals surface area contributed by atoms with Crippen LogP contribution in [0.25, 0.3) is 11.3 Å². The van der Waals surface area contributed by atoms with Crippen LogP contribution < -0.4 is 15.5 Å². The molecule has 0 bridgehead atoms. The molecule has 2 amide bonds. The Morgan fingerprint density at radius 3 is 2.68 bits per heavy atom. The van der Waals surface area contributed by atoms with Crippen molar-refractivity contribution < 1.29 is 9.59 Å². The zero-order valence-corrected chi connectivity index (χ0v) is 17.2. The maximum absolute atomic E-state index is 12.1.